The number of carbonyl (C=O) groups excluding carboxylic acids is 1. The minimum atomic E-state index is -1.10. The molecule has 3 atom stereocenters. The second-order valence-electron chi connectivity index (χ2n) is 5.86. The summed E-state index contributed by atoms with van der Waals surface area (Å²) in [6, 6.07) is 3.33. The van der Waals surface area contributed by atoms with Crippen molar-refractivity contribution in [3.8, 4) is 0 Å². The second-order valence-corrected chi connectivity index (χ2v) is 5.86. The molecule has 2 amide bonds. The molecular formula is C18H23N3O3. The molecule has 24 heavy (non-hydrogen) atoms. The van der Waals surface area contributed by atoms with Gasteiger partial charge in [0.1, 0.15) is 0 Å². The van der Waals surface area contributed by atoms with Gasteiger partial charge in [0, 0.05) is 18.7 Å². The van der Waals surface area contributed by atoms with Crippen molar-refractivity contribution >= 4 is 12.0 Å². The van der Waals surface area contributed by atoms with Crippen LogP contribution >= 0.6 is 0 Å². The lowest BCUT2D eigenvalue weighted by molar-refractivity contribution is -0.122. The Hall–Kier alpha value is -2.63. The number of hydrogen-bond donors (Lipinski definition) is 3. The van der Waals surface area contributed by atoms with Crippen LogP contribution in [0.15, 0.2) is 43.6 Å². The molecule has 1 heterocycles. The summed E-state index contributed by atoms with van der Waals surface area (Å²) in [5.74, 6) is 0.214. The van der Waals surface area contributed by atoms with Gasteiger partial charge >= 0.3 is 6.09 Å². The number of pyridine rings is 1. The van der Waals surface area contributed by atoms with E-state index in [2.05, 4.69) is 28.8 Å². The van der Waals surface area contributed by atoms with Crippen molar-refractivity contribution in [2.45, 2.75) is 31.2 Å². The van der Waals surface area contributed by atoms with E-state index in [9.17, 15) is 9.59 Å². The number of carboxylic acid groups (broad SMARTS) is 1. The highest BCUT2D eigenvalue weighted by Gasteiger charge is 2.43. The van der Waals surface area contributed by atoms with E-state index in [1.165, 1.54) is 0 Å². The van der Waals surface area contributed by atoms with Gasteiger partial charge in [-0.3, -0.25) is 9.78 Å². The molecule has 0 aliphatic heterocycles. The van der Waals surface area contributed by atoms with Gasteiger partial charge in [0.15, 0.2) is 0 Å². The Bertz CT molecular complexity index is 630. The zero-order valence-corrected chi connectivity index (χ0v) is 13.6. The molecule has 1 aliphatic rings. The molecule has 0 spiro atoms. The van der Waals surface area contributed by atoms with Crippen LogP contribution in [0.2, 0.25) is 0 Å². The number of amides is 2. The van der Waals surface area contributed by atoms with Gasteiger partial charge in [0.25, 0.3) is 0 Å². The molecule has 128 valence electrons. The maximum atomic E-state index is 12.1. The average molecular weight is 329 g/mol. The number of carbonyl (C=O) groups is 2. The Morgan fingerprint density at radius 2 is 2.21 bits per heavy atom. The maximum absolute atomic E-state index is 12.1. The lowest BCUT2D eigenvalue weighted by Gasteiger charge is -2.15. The van der Waals surface area contributed by atoms with Crippen molar-refractivity contribution in [1.29, 1.82) is 0 Å². The lowest BCUT2D eigenvalue weighted by atomic mass is 10.0. The summed E-state index contributed by atoms with van der Waals surface area (Å²) in [5.41, 5.74) is 1.66. The third-order valence-electron chi connectivity index (χ3n) is 4.07. The molecule has 6 heteroatoms. The minimum absolute atomic E-state index is 0.0182. The summed E-state index contributed by atoms with van der Waals surface area (Å²) >= 11 is 0. The third-order valence-corrected chi connectivity index (χ3v) is 4.07. The Balaban J connectivity index is 2.02. The highest BCUT2D eigenvalue weighted by atomic mass is 16.4. The molecule has 1 aromatic heterocycles. The van der Waals surface area contributed by atoms with Crippen LogP contribution in [0.5, 0.6) is 0 Å². The number of hydrogen-bond acceptors (Lipinski definition) is 3. The highest BCUT2D eigenvalue weighted by molar-refractivity contribution is 5.82. The summed E-state index contributed by atoms with van der Waals surface area (Å²) < 4.78 is 0. The summed E-state index contributed by atoms with van der Waals surface area (Å²) in [6.45, 7) is 7.89. The fraction of sp³-hybridized carbons (Fsp3) is 0.389. The lowest BCUT2D eigenvalue weighted by Crippen LogP contribution is -2.27. The van der Waals surface area contributed by atoms with Gasteiger partial charge in [-0.1, -0.05) is 12.2 Å². The van der Waals surface area contributed by atoms with E-state index in [1.807, 2.05) is 12.1 Å². The summed E-state index contributed by atoms with van der Waals surface area (Å²) in [7, 11) is 0. The Morgan fingerprint density at radius 3 is 2.88 bits per heavy atom. The van der Waals surface area contributed by atoms with Gasteiger partial charge in [0.05, 0.1) is 11.7 Å². The smallest absolute Gasteiger partial charge is 0.405 e. The molecule has 0 bridgehead atoms. The van der Waals surface area contributed by atoms with E-state index in [0.29, 0.717) is 18.7 Å². The van der Waals surface area contributed by atoms with E-state index in [-0.39, 0.29) is 17.7 Å². The van der Waals surface area contributed by atoms with Crippen LogP contribution in [0.4, 0.5) is 4.79 Å². The molecule has 1 saturated carbocycles. The first-order valence-electron chi connectivity index (χ1n) is 8.01. The molecular weight excluding hydrogens is 306 g/mol. The van der Waals surface area contributed by atoms with Gasteiger partial charge in [-0.15, -0.1) is 13.2 Å². The second kappa shape index (κ2) is 8.29. The van der Waals surface area contributed by atoms with E-state index < -0.39 is 12.1 Å². The molecule has 1 aromatic rings. The van der Waals surface area contributed by atoms with Crippen LogP contribution in [-0.4, -0.2) is 28.6 Å². The zero-order valence-electron chi connectivity index (χ0n) is 13.6. The molecule has 0 aromatic carbocycles. The first kappa shape index (κ1) is 17.7. The van der Waals surface area contributed by atoms with E-state index in [1.54, 1.807) is 18.3 Å². The van der Waals surface area contributed by atoms with Crippen molar-refractivity contribution in [3.63, 3.8) is 0 Å². The summed E-state index contributed by atoms with van der Waals surface area (Å²) in [6.07, 6.45) is 6.01. The quantitative estimate of drug-likeness (QED) is 0.480. The third kappa shape index (κ3) is 4.68. The molecule has 1 fully saturated rings. The van der Waals surface area contributed by atoms with Crippen molar-refractivity contribution in [2.24, 2.45) is 5.92 Å². The molecule has 1 unspecified atom stereocenters. The van der Waals surface area contributed by atoms with Gasteiger partial charge < -0.3 is 15.7 Å². The van der Waals surface area contributed by atoms with Crippen molar-refractivity contribution in [3.05, 3.63) is 54.9 Å². The van der Waals surface area contributed by atoms with Crippen LogP contribution in [0, 0.1) is 5.92 Å². The maximum Gasteiger partial charge on any atom is 0.405 e. The van der Waals surface area contributed by atoms with Crippen LogP contribution in [0.25, 0.3) is 0 Å². The standard InChI is InChI=1S/C18H23N3O3/c1-3-5-8-20-17(22)14-11-13(14)12-7-9-19-16(10-12)15(6-4-2)21-18(23)24/h3-4,7,9-10,13-15,21H,1-2,5-6,8,11H2,(H,20,22)(H,23,24)/t13-,14-,15?/m0/s1. The zero-order chi connectivity index (χ0) is 17.5. The van der Waals surface area contributed by atoms with Gasteiger partial charge in [-0.25, -0.2) is 4.79 Å². The van der Waals surface area contributed by atoms with Crippen molar-refractivity contribution < 1.29 is 14.7 Å². The predicted molar refractivity (Wildman–Crippen MR) is 91.6 cm³/mol. The fourth-order valence-corrected chi connectivity index (χ4v) is 2.74. The van der Waals surface area contributed by atoms with Gasteiger partial charge in [0.2, 0.25) is 5.91 Å². The molecule has 0 radical (unpaired) electrons. The van der Waals surface area contributed by atoms with Crippen LogP contribution in [-0.2, 0) is 4.79 Å². The molecule has 0 saturated heterocycles. The molecule has 6 nitrogen and oxygen atoms in total. The number of nitrogens with one attached hydrogen (secondary N) is 2. The molecule has 3 N–H and O–H groups in total. The Labute approximate surface area is 141 Å². The van der Waals surface area contributed by atoms with E-state index in [4.69, 9.17) is 5.11 Å². The topological polar surface area (TPSA) is 91.3 Å². The normalized spacial score (nSPS) is 19.8. The van der Waals surface area contributed by atoms with Crippen LogP contribution < -0.4 is 10.6 Å². The van der Waals surface area contributed by atoms with Crippen molar-refractivity contribution in [1.82, 2.24) is 15.6 Å². The SMILES string of the molecule is C=CCCNC(=O)[C@H]1C[C@H]1c1ccnc(C(CC=C)NC(=O)O)c1. The first-order valence-corrected chi connectivity index (χ1v) is 8.01. The Morgan fingerprint density at radius 1 is 1.42 bits per heavy atom. The van der Waals surface area contributed by atoms with E-state index in [0.717, 1.165) is 18.4 Å². The van der Waals surface area contributed by atoms with Crippen molar-refractivity contribution in [2.75, 3.05) is 6.54 Å². The molecule has 2 rings (SSSR count). The minimum Gasteiger partial charge on any atom is -0.465 e. The largest absolute Gasteiger partial charge is 0.465 e. The number of aromatic nitrogens is 1. The average Bonchev–Trinajstić information content (AvgIpc) is 3.35. The summed E-state index contributed by atoms with van der Waals surface area (Å²) in [4.78, 5) is 27.3. The van der Waals surface area contributed by atoms with Gasteiger partial charge in [-0.05, 0) is 42.9 Å². The van der Waals surface area contributed by atoms with Crippen LogP contribution in [0.1, 0.15) is 42.5 Å². The Kier molecular flexibility index (Phi) is 6.12. The van der Waals surface area contributed by atoms with E-state index >= 15 is 0 Å². The summed E-state index contributed by atoms with van der Waals surface area (Å²) in [5, 5.41) is 14.3. The van der Waals surface area contributed by atoms with Crippen LogP contribution in [0.3, 0.4) is 0 Å². The fourth-order valence-electron chi connectivity index (χ4n) is 2.74. The predicted octanol–water partition coefficient (Wildman–Crippen LogP) is 2.76. The number of nitrogens with zero attached hydrogens (tertiary/aromatic N) is 1. The number of rotatable bonds is 9. The highest BCUT2D eigenvalue weighted by Crippen LogP contribution is 2.47. The van der Waals surface area contributed by atoms with Gasteiger partial charge in [-0.2, -0.15) is 0 Å². The molecule has 1 aliphatic carbocycles. The first-order chi connectivity index (χ1) is 11.6. The monoisotopic (exact) mass is 329 g/mol.